The van der Waals surface area contributed by atoms with Crippen molar-refractivity contribution in [1.29, 1.82) is 0 Å². The van der Waals surface area contributed by atoms with Crippen LogP contribution in [0.15, 0.2) is 36.4 Å². The maximum Gasteiger partial charge on any atom is 0.348 e. The first-order valence-electron chi connectivity index (χ1n) is 7.93. The van der Waals surface area contributed by atoms with E-state index in [9.17, 15) is 9.59 Å². The summed E-state index contributed by atoms with van der Waals surface area (Å²) in [4.78, 5) is 26.9. The van der Waals surface area contributed by atoms with E-state index in [4.69, 9.17) is 0 Å². The Balaban J connectivity index is 1.47. The number of ether oxygens (including phenoxy) is 1. The van der Waals surface area contributed by atoms with Gasteiger partial charge in [-0.25, -0.2) is 4.79 Å². The molecule has 1 amide bonds. The first kappa shape index (κ1) is 16.7. The molecule has 2 aromatic rings. The number of carbonyl (C=O) groups excluding carboxylic acids is 2. The number of hydrogen-bond acceptors (Lipinski definition) is 5. The van der Waals surface area contributed by atoms with Crippen molar-refractivity contribution in [2.45, 2.75) is 13.0 Å². The predicted octanol–water partition coefficient (Wildman–Crippen LogP) is 2.32. The normalized spacial score (nSPS) is 14.0. The minimum absolute atomic E-state index is 0.146. The summed E-state index contributed by atoms with van der Waals surface area (Å²) in [5.74, 6) is -0.557. The quantitative estimate of drug-likeness (QED) is 0.846. The zero-order valence-corrected chi connectivity index (χ0v) is 14.4. The second-order valence-corrected chi connectivity index (χ2v) is 6.79. The van der Waals surface area contributed by atoms with Gasteiger partial charge >= 0.3 is 5.97 Å². The lowest BCUT2D eigenvalue weighted by atomic mass is 10.00. The lowest BCUT2D eigenvalue weighted by molar-refractivity contribution is 0.0606. The summed E-state index contributed by atoms with van der Waals surface area (Å²) in [6.07, 6.45) is 1.05. The molecule has 1 aliphatic rings. The molecule has 24 heavy (non-hydrogen) atoms. The van der Waals surface area contributed by atoms with Crippen LogP contribution in [0.3, 0.4) is 0 Å². The molecule has 0 spiro atoms. The molecule has 0 radical (unpaired) electrons. The molecule has 1 aliphatic heterocycles. The third-order valence-corrected chi connectivity index (χ3v) is 5.20. The second-order valence-electron chi connectivity index (χ2n) is 5.71. The van der Waals surface area contributed by atoms with E-state index >= 15 is 0 Å². The fourth-order valence-electron chi connectivity index (χ4n) is 2.83. The molecule has 2 heterocycles. The lowest BCUT2D eigenvalue weighted by Gasteiger charge is -2.28. The highest BCUT2D eigenvalue weighted by Gasteiger charge is 2.16. The van der Waals surface area contributed by atoms with Crippen LogP contribution in [0.5, 0.6) is 0 Å². The number of benzene rings is 1. The molecular formula is C18H20N2O3S. The van der Waals surface area contributed by atoms with Gasteiger partial charge in [0.25, 0.3) is 5.91 Å². The van der Waals surface area contributed by atoms with E-state index in [-0.39, 0.29) is 5.91 Å². The fourth-order valence-corrected chi connectivity index (χ4v) is 3.67. The van der Waals surface area contributed by atoms with Gasteiger partial charge in [-0.05, 0) is 29.7 Å². The average molecular weight is 344 g/mol. The van der Waals surface area contributed by atoms with Crippen LogP contribution in [0, 0.1) is 0 Å². The van der Waals surface area contributed by atoms with Crippen molar-refractivity contribution >= 4 is 23.2 Å². The number of esters is 1. The minimum atomic E-state index is -0.411. The molecule has 0 saturated carbocycles. The molecule has 1 N–H and O–H groups in total. The zero-order chi connectivity index (χ0) is 16.9. The van der Waals surface area contributed by atoms with Crippen LogP contribution >= 0.6 is 11.3 Å². The maximum absolute atomic E-state index is 12.1. The van der Waals surface area contributed by atoms with Crippen LogP contribution in [0.25, 0.3) is 0 Å². The van der Waals surface area contributed by atoms with E-state index in [0.29, 0.717) is 16.3 Å². The number of rotatable bonds is 5. The summed E-state index contributed by atoms with van der Waals surface area (Å²) in [6.45, 7) is 3.34. The van der Waals surface area contributed by atoms with E-state index in [1.54, 1.807) is 12.1 Å². The van der Waals surface area contributed by atoms with Crippen LogP contribution < -0.4 is 5.32 Å². The topological polar surface area (TPSA) is 58.6 Å². The Kier molecular flexibility index (Phi) is 5.27. The second kappa shape index (κ2) is 7.59. The van der Waals surface area contributed by atoms with E-state index in [0.717, 1.165) is 37.4 Å². The Hall–Kier alpha value is -2.18. The van der Waals surface area contributed by atoms with Crippen molar-refractivity contribution in [3.05, 3.63) is 57.3 Å². The summed E-state index contributed by atoms with van der Waals surface area (Å²) >= 11 is 1.15. The third-order valence-electron chi connectivity index (χ3n) is 4.14. The molecular weight excluding hydrogens is 324 g/mol. The summed E-state index contributed by atoms with van der Waals surface area (Å²) in [5.41, 5.74) is 2.79. The SMILES string of the molecule is COC(=O)c1ccc(C(=O)NCCN2CCc3ccccc3C2)s1. The molecule has 0 aliphatic carbocycles. The molecule has 126 valence electrons. The highest BCUT2D eigenvalue weighted by atomic mass is 32.1. The van der Waals surface area contributed by atoms with E-state index in [1.165, 1.54) is 18.2 Å². The summed E-state index contributed by atoms with van der Waals surface area (Å²) in [5, 5.41) is 2.92. The number of methoxy groups -OCH3 is 1. The molecule has 1 aromatic carbocycles. The number of nitrogens with one attached hydrogen (secondary N) is 1. The number of hydrogen-bond donors (Lipinski definition) is 1. The van der Waals surface area contributed by atoms with Gasteiger partial charge in [-0.3, -0.25) is 9.69 Å². The van der Waals surface area contributed by atoms with Crippen molar-refractivity contribution in [2.24, 2.45) is 0 Å². The molecule has 1 aromatic heterocycles. The van der Waals surface area contributed by atoms with Crippen LogP contribution in [0.4, 0.5) is 0 Å². The minimum Gasteiger partial charge on any atom is -0.465 e. The third kappa shape index (κ3) is 3.83. The van der Waals surface area contributed by atoms with Crippen molar-refractivity contribution in [1.82, 2.24) is 10.2 Å². The summed E-state index contributed by atoms with van der Waals surface area (Å²) < 4.78 is 4.65. The first-order chi connectivity index (χ1) is 11.7. The van der Waals surface area contributed by atoms with Crippen molar-refractivity contribution < 1.29 is 14.3 Å². The molecule has 0 unspecified atom stereocenters. The molecule has 0 fully saturated rings. The van der Waals surface area contributed by atoms with E-state index < -0.39 is 5.97 Å². The predicted molar refractivity (Wildman–Crippen MR) is 93.4 cm³/mol. The largest absolute Gasteiger partial charge is 0.465 e. The Morgan fingerprint density at radius 1 is 1.17 bits per heavy atom. The monoisotopic (exact) mass is 344 g/mol. The molecule has 0 atom stereocenters. The Labute approximate surface area is 145 Å². The number of fused-ring (bicyclic) bond motifs is 1. The van der Waals surface area contributed by atoms with Crippen molar-refractivity contribution in [3.8, 4) is 0 Å². The van der Waals surface area contributed by atoms with Gasteiger partial charge in [0.15, 0.2) is 0 Å². The van der Waals surface area contributed by atoms with Crippen LogP contribution in [0.1, 0.15) is 30.5 Å². The van der Waals surface area contributed by atoms with Gasteiger partial charge in [-0.1, -0.05) is 24.3 Å². The molecule has 6 heteroatoms. The lowest BCUT2D eigenvalue weighted by Crippen LogP contribution is -2.37. The number of amides is 1. The van der Waals surface area contributed by atoms with Crippen LogP contribution in [-0.4, -0.2) is 43.5 Å². The van der Waals surface area contributed by atoms with Crippen molar-refractivity contribution in [2.75, 3.05) is 26.7 Å². The summed E-state index contributed by atoms with van der Waals surface area (Å²) in [7, 11) is 1.33. The van der Waals surface area contributed by atoms with Crippen LogP contribution in [0.2, 0.25) is 0 Å². The molecule has 0 saturated heterocycles. The highest BCUT2D eigenvalue weighted by Crippen LogP contribution is 2.18. The smallest absolute Gasteiger partial charge is 0.348 e. The van der Waals surface area contributed by atoms with Gasteiger partial charge in [0, 0.05) is 26.2 Å². The van der Waals surface area contributed by atoms with E-state index in [2.05, 4.69) is 39.2 Å². The van der Waals surface area contributed by atoms with Crippen LogP contribution in [-0.2, 0) is 17.7 Å². The van der Waals surface area contributed by atoms with Gasteiger partial charge in [0.1, 0.15) is 4.88 Å². The van der Waals surface area contributed by atoms with Gasteiger partial charge in [-0.15, -0.1) is 11.3 Å². The molecule has 5 nitrogen and oxygen atoms in total. The van der Waals surface area contributed by atoms with Gasteiger partial charge in [0.05, 0.1) is 12.0 Å². The number of nitrogens with zero attached hydrogens (tertiary/aromatic N) is 1. The van der Waals surface area contributed by atoms with Crippen molar-refractivity contribution in [3.63, 3.8) is 0 Å². The van der Waals surface area contributed by atoms with Gasteiger partial charge < -0.3 is 10.1 Å². The Bertz CT molecular complexity index is 741. The highest BCUT2D eigenvalue weighted by molar-refractivity contribution is 7.15. The standard InChI is InChI=1S/C18H20N2O3S/c1-23-18(22)16-7-6-15(24-16)17(21)19-9-11-20-10-8-13-4-2-3-5-14(13)12-20/h2-7H,8-12H2,1H3,(H,19,21). The van der Waals surface area contributed by atoms with Gasteiger partial charge in [-0.2, -0.15) is 0 Å². The molecule has 0 bridgehead atoms. The number of carbonyl (C=O) groups is 2. The average Bonchev–Trinajstić information content (AvgIpc) is 3.11. The van der Waals surface area contributed by atoms with Gasteiger partial charge in [0.2, 0.25) is 0 Å². The fraction of sp³-hybridized carbons (Fsp3) is 0.333. The summed E-state index contributed by atoms with van der Waals surface area (Å²) in [6, 6.07) is 11.8. The zero-order valence-electron chi connectivity index (χ0n) is 13.6. The Morgan fingerprint density at radius 2 is 1.92 bits per heavy atom. The maximum atomic E-state index is 12.1. The number of thiophene rings is 1. The van der Waals surface area contributed by atoms with E-state index in [1.807, 2.05) is 0 Å². The first-order valence-corrected chi connectivity index (χ1v) is 8.74. The Morgan fingerprint density at radius 3 is 2.71 bits per heavy atom. The molecule has 3 rings (SSSR count).